The van der Waals surface area contributed by atoms with E-state index in [1.807, 2.05) is 0 Å². The summed E-state index contributed by atoms with van der Waals surface area (Å²) in [7, 11) is 0. The second kappa shape index (κ2) is 4.87. The molecule has 4 aliphatic rings. The molecule has 0 aromatic carbocycles. The average molecular weight is 348 g/mol. The highest BCUT2D eigenvalue weighted by molar-refractivity contribution is 5.79. The number of hydrogen-bond donors (Lipinski definition) is 3. The summed E-state index contributed by atoms with van der Waals surface area (Å²) in [5.74, 6) is -2.43. The Kier molecular flexibility index (Phi) is 3.33. The molecule has 138 valence electrons. The number of aliphatic carboxylic acids is 2. The van der Waals surface area contributed by atoms with Crippen LogP contribution < -0.4 is 0 Å². The van der Waals surface area contributed by atoms with Gasteiger partial charge in [0.25, 0.3) is 0 Å². The highest BCUT2D eigenvalue weighted by Crippen LogP contribution is 2.77. The minimum Gasteiger partial charge on any atom is -0.481 e. The maximum absolute atomic E-state index is 12.4. The molecule has 0 aromatic rings. The van der Waals surface area contributed by atoms with Gasteiger partial charge in [0.1, 0.15) is 0 Å². The monoisotopic (exact) mass is 348 g/mol. The molecule has 0 aromatic heterocycles. The number of aliphatic hydroxyl groups is 1. The van der Waals surface area contributed by atoms with Gasteiger partial charge < -0.3 is 15.3 Å². The van der Waals surface area contributed by atoms with Crippen LogP contribution in [0.5, 0.6) is 0 Å². The average Bonchev–Trinajstić information content (AvgIpc) is 2.86. The van der Waals surface area contributed by atoms with E-state index in [4.69, 9.17) is 0 Å². The first-order valence-corrected chi connectivity index (χ1v) is 9.38. The Balaban J connectivity index is 1.94. The van der Waals surface area contributed by atoms with Crippen LogP contribution in [0, 0.1) is 39.9 Å². The predicted octanol–water partition coefficient (Wildman–Crippen LogP) is 2.93. The van der Waals surface area contributed by atoms with Gasteiger partial charge >= 0.3 is 11.9 Å². The molecular weight excluding hydrogens is 320 g/mol. The Morgan fingerprint density at radius 3 is 2.40 bits per heavy atom. The molecule has 0 unspecified atom stereocenters. The first kappa shape index (κ1) is 17.1. The van der Waals surface area contributed by atoms with Crippen LogP contribution >= 0.6 is 0 Å². The van der Waals surface area contributed by atoms with Gasteiger partial charge in [-0.2, -0.15) is 0 Å². The number of rotatable bonds is 2. The summed E-state index contributed by atoms with van der Waals surface area (Å²) in [4.78, 5) is 24.7. The third-order valence-electron chi connectivity index (χ3n) is 8.49. The molecule has 0 heterocycles. The van der Waals surface area contributed by atoms with Crippen LogP contribution in [0.1, 0.15) is 52.4 Å². The van der Waals surface area contributed by atoms with E-state index in [0.717, 1.165) is 24.8 Å². The largest absolute Gasteiger partial charge is 0.481 e. The summed E-state index contributed by atoms with van der Waals surface area (Å²) in [5, 5.41) is 30.7. The lowest BCUT2D eigenvalue weighted by Gasteiger charge is -2.51. The third kappa shape index (κ3) is 1.88. The summed E-state index contributed by atoms with van der Waals surface area (Å²) in [6.07, 6.45) is 3.42. The first-order valence-electron chi connectivity index (χ1n) is 9.38. The molecule has 0 radical (unpaired) electrons. The van der Waals surface area contributed by atoms with Crippen LogP contribution in [0.4, 0.5) is 0 Å². The number of allylic oxidation sites excluding steroid dienone is 1. The SMILES string of the molecule is C=C1C[C@@]23C[C@H]1CC[C@H]2[C@]1(C)C[C@H](O)C[C@@](C)(C(=O)O)[C@H]1[C@@H]3C(=O)O. The molecule has 2 bridgehead atoms. The van der Waals surface area contributed by atoms with Crippen molar-refractivity contribution in [3.8, 4) is 0 Å². The molecule has 5 heteroatoms. The summed E-state index contributed by atoms with van der Waals surface area (Å²) < 4.78 is 0. The zero-order chi connectivity index (χ0) is 18.4. The van der Waals surface area contributed by atoms with Crippen LogP contribution in [-0.2, 0) is 9.59 Å². The molecule has 4 rings (SSSR count). The number of fused-ring (bicyclic) bond motifs is 3. The van der Waals surface area contributed by atoms with Crippen LogP contribution in [0.3, 0.4) is 0 Å². The van der Waals surface area contributed by atoms with Gasteiger partial charge in [-0.1, -0.05) is 19.1 Å². The van der Waals surface area contributed by atoms with Crippen LogP contribution in [0.25, 0.3) is 0 Å². The van der Waals surface area contributed by atoms with E-state index in [2.05, 4.69) is 13.5 Å². The van der Waals surface area contributed by atoms with E-state index in [1.54, 1.807) is 6.92 Å². The van der Waals surface area contributed by atoms with E-state index in [-0.39, 0.29) is 17.8 Å². The lowest BCUT2D eigenvalue weighted by atomic mass is 9.52. The maximum atomic E-state index is 12.4. The van der Waals surface area contributed by atoms with Gasteiger partial charge in [-0.3, -0.25) is 9.59 Å². The Morgan fingerprint density at radius 1 is 1.12 bits per heavy atom. The molecule has 5 nitrogen and oxygen atoms in total. The highest BCUT2D eigenvalue weighted by atomic mass is 16.4. The molecule has 1 spiro atoms. The number of carboxylic acid groups (broad SMARTS) is 2. The zero-order valence-corrected chi connectivity index (χ0v) is 15.0. The minimum absolute atomic E-state index is 0.138. The molecule has 8 atom stereocenters. The summed E-state index contributed by atoms with van der Waals surface area (Å²) in [6, 6.07) is 0. The van der Waals surface area contributed by atoms with Gasteiger partial charge in [0, 0.05) is 0 Å². The Morgan fingerprint density at radius 2 is 1.80 bits per heavy atom. The van der Waals surface area contributed by atoms with Gasteiger partial charge in [-0.25, -0.2) is 0 Å². The number of carbonyl (C=O) groups is 2. The fraction of sp³-hybridized carbons (Fsp3) is 0.800. The normalized spacial score (nSPS) is 54.0. The van der Waals surface area contributed by atoms with Gasteiger partial charge in [0.15, 0.2) is 0 Å². The van der Waals surface area contributed by atoms with E-state index in [0.29, 0.717) is 18.8 Å². The lowest BCUT2D eigenvalue weighted by Crippen LogP contribution is -2.54. The second-order valence-electron chi connectivity index (χ2n) is 9.68. The van der Waals surface area contributed by atoms with E-state index < -0.39 is 40.7 Å². The highest BCUT2D eigenvalue weighted by Gasteiger charge is 2.75. The molecular formula is C20H28O5. The minimum atomic E-state index is -1.21. The maximum Gasteiger partial charge on any atom is 0.309 e. The van der Waals surface area contributed by atoms with Gasteiger partial charge in [0.05, 0.1) is 17.4 Å². The van der Waals surface area contributed by atoms with Crippen LogP contribution in [-0.4, -0.2) is 33.4 Å². The van der Waals surface area contributed by atoms with E-state index in [9.17, 15) is 24.9 Å². The zero-order valence-electron chi connectivity index (χ0n) is 15.0. The molecule has 25 heavy (non-hydrogen) atoms. The van der Waals surface area contributed by atoms with Crippen molar-refractivity contribution in [1.29, 1.82) is 0 Å². The molecule has 4 saturated carbocycles. The Bertz CT molecular complexity index is 671. The van der Waals surface area contributed by atoms with Crippen LogP contribution in [0.15, 0.2) is 12.2 Å². The standard InChI is InChI=1S/C20H28O5/c1-10-6-20-7-11(10)4-5-13(20)18(2)8-12(21)9-19(3,17(24)25)15(18)14(20)16(22)23/h11-15,21H,1,4-9H2,2-3H3,(H,22,23)(H,24,25)/t11-,12+,13+,14-,15+,18+,19-,20-/m1/s1. The van der Waals surface area contributed by atoms with Crippen molar-refractivity contribution in [2.75, 3.05) is 0 Å². The van der Waals surface area contributed by atoms with Crippen molar-refractivity contribution in [2.45, 2.75) is 58.5 Å². The number of carboxylic acids is 2. The van der Waals surface area contributed by atoms with Crippen molar-refractivity contribution < 1.29 is 24.9 Å². The predicted molar refractivity (Wildman–Crippen MR) is 90.7 cm³/mol. The smallest absolute Gasteiger partial charge is 0.309 e. The molecule has 0 amide bonds. The fourth-order valence-electron chi connectivity index (χ4n) is 8.01. The van der Waals surface area contributed by atoms with Gasteiger partial charge in [-0.15, -0.1) is 0 Å². The number of aliphatic hydroxyl groups excluding tert-OH is 1. The Hall–Kier alpha value is -1.36. The van der Waals surface area contributed by atoms with Crippen molar-refractivity contribution in [3.05, 3.63) is 12.2 Å². The van der Waals surface area contributed by atoms with Crippen LogP contribution in [0.2, 0.25) is 0 Å². The molecule has 4 aliphatic carbocycles. The van der Waals surface area contributed by atoms with E-state index >= 15 is 0 Å². The van der Waals surface area contributed by atoms with Crippen molar-refractivity contribution in [3.63, 3.8) is 0 Å². The fourth-order valence-corrected chi connectivity index (χ4v) is 8.01. The Labute approximate surface area is 148 Å². The lowest BCUT2D eigenvalue weighted by molar-refractivity contribution is -0.173. The van der Waals surface area contributed by atoms with Crippen molar-refractivity contribution in [2.24, 2.45) is 39.9 Å². The molecule has 0 aliphatic heterocycles. The van der Waals surface area contributed by atoms with E-state index in [1.165, 1.54) is 0 Å². The summed E-state index contributed by atoms with van der Waals surface area (Å²) in [5.41, 5.74) is -0.898. The first-order chi connectivity index (χ1) is 11.6. The summed E-state index contributed by atoms with van der Waals surface area (Å²) >= 11 is 0. The quantitative estimate of drug-likeness (QED) is 0.667. The van der Waals surface area contributed by atoms with Crippen molar-refractivity contribution >= 4 is 11.9 Å². The third-order valence-corrected chi connectivity index (χ3v) is 8.49. The molecule has 0 saturated heterocycles. The number of hydrogen-bond acceptors (Lipinski definition) is 3. The van der Waals surface area contributed by atoms with Crippen molar-refractivity contribution in [1.82, 2.24) is 0 Å². The second-order valence-corrected chi connectivity index (χ2v) is 9.68. The van der Waals surface area contributed by atoms with Gasteiger partial charge in [0.2, 0.25) is 0 Å². The molecule has 3 N–H and O–H groups in total. The van der Waals surface area contributed by atoms with Gasteiger partial charge in [-0.05, 0) is 74.0 Å². The summed E-state index contributed by atoms with van der Waals surface area (Å²) in [6.45, 7) is 7.93. The topological polar surface area (TPSA) is 94.8 Å². The molecule has 4 fully saturated rings.